The maximum Gasteiger partial charge on any atom is 0.168 e. The van der Waals surface area contributed by atoms with Crippen LogP contribution in [-0.2, 0) is 4.79 Å². The molecule has 0 aromatic rings. The van der Waals surface area contributed by atoms with E-state index in [9.17, 15) is 4.79 Å². The molecule has 0 N–H and O–H groups in total. The van der Waals surface area contributed by atoms with Crippen LogP contribution in [0, 0.1) is 0 Å². The number of hydrogen-bond acceptors (Lipinski definition) is 2. The van der Waals surface area contributed by atoms with Crippen molar-refractivity contribution in [1.29, 1.82) is 0 Å². The molecule has 0 fully saturated rings. The summed E-state index contributed by atoms with van der Waals surface area (Å²) in [4.78, 5) is 13.3. The van der Waals surface area contributed by atoms with E-state index in [1.54, 1.807) is 11.8 Å². The average molecular weight is 299 g/mol. The Bertz CT molecular complexity index is 258. The highest BCUT2D eigenvalue weighted by molar-refractivity contribution is 8.04. The number of ketones is 1. The van der Waals surface area contributed by atoms with Crippen LogP contribution in [0.25, 0.3) is 0 Å². The van der Waals surface area contributed by atoms with Gasteiger partial charge in [0.25, 0.3) is 0 Å². The molecule has 0 saturated heterocycles. The van der Waals surface area contributed by atoms with E-state index in [1.165, 1.54) is 51.4 Å². The van der Waals surface area contributed by atoms with E-state index in [0.717, 1.165) is 29.9 Å². The molecular weight excluding hydrogens is 264 g/mol. The van der Waals surface area contributed by atoms with Crippen LogP contribution in [0.5, 0.6) is 0 Å². The summed E-state index contributed by atoms with van der Waals surface area (Å²) in [7, 11) is 0. The van der Waals surface area contributed by atoms with Gasteiger partial charge in [-0.3, -0.25) is 4.79 Å². The normalized spacial score (nSPS) is 11.8. The first-order chi connectivity index (χ1) is 9.76. The Kier molecular flexibility index (Phi) is 15.0. The van der Waals surface area contributed by atoms with Crippen LogP contribution in [-0.4, -0.2) is 11.5 Å². The van der Waals surface area contributed by atoms with Crippen molar-refractivity contribution in [2.24, 2.45) is 0 Å². The fourth-order valence-electron chi connectivity index (χ4n) is 2.07. The highest BCUT2D eigenvalue weighted by Gasteiger charge is 2.09. The minimum absolute atomic E-state index is 0.386. The molecule has 0 radical (unpaired) electrons. The summed E-state index contributed by atoms with van der Waals surface area (Å²) in [6.45, 7) is 6.63. The number of rotatable bonds is 14. The van der Waals surface area contributed by atoms with Gasteiger partial charge in [0, 0.05) is 11.3 Å². The standard InChI is InChI=1S/C18H34OS/c1-4-7-10-12-15-18(20-16-13-9-6-3)17(19)14-11-8-5-2/h15H,4-14,16H2,1-3H3/b18-15-. The minimum Gasteiger partial charge on any atom is -0.294 e. The van der Waals surface area contributed by atoms with Crippen LogP contribution in [0.15, 0.2) is 11.0 Å². The monoisotopic (exact) mass is 298 g/mol. The van der Waals surface area contributed by atoms with Gasteiger partial charge in [-0.05, 0) is 31.4 Å². The van der Waals surface area contributed by atoms with Crippen molar-refractivity contribution in [3.8, 4) is 0 Å². The lowest BCUT2D eigenvalue weighted by Gasteiger charge is -2.07. The lowest BCUT2D eigenvalue weighted by Crippen LogP contribution is -2.01. The third-order valence-electron chi connectivity index (χ3n) is 3.43. The molecule has 0 aromatic heterocycles. The van der Waals surface area contributed by atoms with Crippen molar-refractivity contribution in [2.45, 2.75) is 91.4 Å². The molecule has 118 valence electrons. The average Bonchev–Trinajstić information content (AvgIpc) is 2.45. The van der Waals surface area contributed by atoms with Gasteiger partial charge >= 0.3 is 0 Å². The molecule has 20 heavy (non-hydrogen) atoms. The van der Waals surface area contributed by atoms with Crippen LogP contribution >= 0.6 is 11.8 Å². The van der Waals surface area contributed by atoms with Gasteiger partial charge in [-0.25, -0.2) is 0 Å². The topological polar surface area (TPSA) is 17.1 Å². The second kappa shape index (κ2) is 15.2. The van der Waals surface area contributed by atoms with E-state index in [1.807, 2.05) is 0 Å². The lowest BCUT2D eigenvalue weighted by atomic mass is 10.1. The molecule has 0 aromatic carbocycles. The minimum atomic E-state index is 0.386. The lowest BCUT2D eigenvalue weighted by molar-refractivity contribution is -0.115. The van der Waals surface area contributed by atoms with E-state index < -0.39 is 0 Å². The van der Waals surface area contributed by atoms with E-state index in [0.29, 0.717) is 5.78 Å². The first-order valence-corrected chi connectivity index (χ1v) is 9.60. The van der Waals surface area contributed by atoms with Gasteiger partial charge in [-0.2, -0.15) is 0 Å². The Balaban J connectivity index is 4.17. The molecule has 0 rings (SSSR count). The molecule has 0 heterocycles. The number of carbonyl (C=O) groups excluding carboxylic acids is 1. The van der Waals surface area contributed by atoms with Gasteiger partial charge in [0.05, 0.1) is 0 Å². The quantitative estimate of drug-likeness (QED) is 0.268. The van der Waals surface area contributed by atoms with Gasteiger partial charge in [0.1, 0.15) is 0 Å². The zero-order valence-electron chi connectivity index (χ0n) is 13.9. The maximum atomic E-state index is 12.3. The van der Waals surface area contributed by atoms with Crippen molar-refractivity contribution in [2.75, 3.05) is 5.75 Å². The number of carbonyl (C=O) groups is 1. The number of unbranched alkanes of at least 4 members (excludes halogenated alkanes) is 7. The zero-order valence-corrected chi connectivity index (χ0v) is 14.7. The predicted octanol–water partition coefficient (Wildman–Crippen LogP) is 6.52. The Morgan fingerprint density at radius 2 is 1.45 bits per heavy atom. The first-order valence-electron chi connectivity index (χ1n) is 8.62. The second-order valence-corrected chi connectivity index (χ2v) is 6.64. The molecule has 0 unspecified atom stereocenters. The van der Waals surface area contributed by atoms with Gasteiger partial charge < -0.3 is 0 Å². The van der Waals surface area contributed by atoms with Crippen molar-refractivity contribution in [1.82, 2.24) is 0 Å². The van der Waals surface area contributed by atoms with Crippen LogP contribution < -0.4 is 0 Å². The summed E-state index contributed by atoms with van der Waals surface area (Å²) in [6.07, 6.45) is 14.9. The Morgan fingerprint density at radius 1 is 0.850 bits per heavy atom. The zero-order chi connectivity index (χ0) is 15.1. The molecule has 0 aliphatic heterocycles. The van der Waals surface area contributed by atoms with Gasteiger partial charge in [0.2, 0.25) is 0 Å². The molecule has 2 heteroatoms. The fourth-order valence-corrected chi connectivity index (χ4v) is 3.14. The maximum absolute atomic E-state index is 12.3. The van der Waals surface area contributed by atoms with Gasteiger partial charge in [-0.15, -0.1) is 11.8 Å². The van der Waals surface area contributed by atoms with Crippen LogP contribution in [0.4, 0.5) is 0 Å². The summed E-state index contributed by atoms with van der Waals surface area (Å²) in [5.41, 5.74) is 0. The van der Waals surface area contributed by atoms with E-state index in [4.69, 9.17) is 0 Å². The van der Waals surface area contributed by atoms with Crippen LogP contribution in [0.2, 0.25) is 0 Å². The number of Topliss-reactive ketones (excluding diaryl/α,β-unsaturated/α-hetero) is 1. The third kappa shape index (κ3) is 11.6. The van der Waals surface area contributed by atoms with Crippen molar-refractivity contribution in [3.63, 3.8) is 0 Å². The molecule has 1 nitrogen and oxygen atoms in total. The number of allylic oxidation sites excluding steroid dienone is 2. The van der Waals surface area contributed by atoms with Crippen molar-refractivity contribution >= 4 is 17.5 Å². The van der Waals surface area contributed by atoms with Crippen molar-refractivity contribution < 1.29 is 4.79 Å². The third-order valence-corrected chi connectivity index (χ3v) is 4.62. The molecular formula is C18H34OS. The summed E-state index contributed by atoms with van der Waals surface area (Å²) in [5, 5.41) is 0. The number of hydrogen-bond donors (Lipinski definition) is 0. The van der Waals surface area contributed by atoms with Gasteiger partial charge in [0.15, 0.2) is 5.78 Å². The molecule has 0 aliphatic rings. The summed E-state index contributed by atoms with van der Waals surface area (Å²) >= 11 is 1.80. The van der Waals surface area contributed by atoms with Crippen LogP contribution in [0.3, 0.4) is 0 Å². The Hall–Kier alpha value is -0.240. The first kappa shape index (κ1) is 19.8. The fraction of sp³-hybridized carbons (Fsp3) is 0.833. The molecule has 0 saturated carbocycles. The SMILES string of the molecule is CCCCC/C=C(\SCCCCC)C(=O)CCCCC. The molecule has 0 atom stereocenters. The van der Waals surface area contributed by atoms with Gasteiger partial charge in [-0.1, -0.05) is 65.4 Å². The molecule has 0 amide bonds. The van der Waals surface area contributed by atoms with E-state index in [2.05, 4.69) is 26.8 Å². The van der Waals surface area contributed by atoms with E-state index >= 15 is 0 Å². The van der Waals surface area contributed by atoms with Crippen LogP contribution in [0.1, 0.15) is 91.4 Å². The molecule has 0 spiro atoms. The molecule has 0 bridgehead atoms. The predicted molar refractivity (Wildman–Crippen MR) is 93.4 cm³/mol. The van der Waals surface area contributed by atoms with Crippen molar-refractivity contribution in [3.05, 3.63) is 11.0 Å². The smallest absolute Gasteiger partial charge is 0.168 e. The highest BCUT2D eigenvalue weighted by atomic mass is 32.2. The number of thioether (sulfide) groups is 1. The summed E-state index contributed by atoms with van der Waals surface area (Å²) in [5.74, 6) is 1.49. The Morgan fingerprint density at radius 3 is 2.10 bits per heavy atom. The largest absolute Gasteiger partial charge is 0.294 e. The van der Waals surface area contributed by atoms with E-state index in [-0.39, 0.29) is 0 Å². The Labute approximate surface area is 131 Å². The summed E-state index contributed by atoms with van der Waals surface area (Å²) < 4.78 is 0. The summed E-state index contributed by atoms with van der Waals surface area (Å²) in [6, 6.07) is 0. The molecule has 0 aliphatic carbocycles. The highest BCUT2D eigenvalue weighted by Crippen LogP contribution is 2.22. The second-order valence-electron chi connectivity index (χ2n) is 5.50.